The first-order valence-electron chi connectivity index (χ1n) is 10.3. The van der Waals surface area contributed by atoms with Crippen molar-refractivity contribution < 1.29 is 23.9 Å². The lowest BCUT2D eigenvalue weighted by atomic mass is 10.1. The minimum Gasteiger partial charge on any atom is -0.495 e. The van der Waals surface area contributed by atoms with Crippen molar-refractivity contribution >= 4 is 46.6 Å². The van der Waals surface area contributed by atoms with E-state index in [1.165, 1.54) is 50.6 Å². The van der Waals surface area contributed by atoms with Crippen LogP contribution in [0, 0.1) is 21.4 Å². The zero-order valence-corrected chi connectivity index (χ0v) is 20.6. The predicted molar refractivity (Wildman–Crippen MR) is 136 cm³/mol. The Morgan fingerprint density at radius 1 is 1.08 bits per heavy atom. The van der Waals surface area contributed by atoms with Crippen LogP contribution in [0.15, 0.2) is 60.2 Å². The van der Waals surface area contributed by atoms with Crippen LogP contribution in [0.25, 0.3) is 6.08 Å². The second-order valence-corrected chi connectivity index (χ2v) is 8.05. The summed E-state index contributed by atoms with van der Waals surface area (Å²) in [5.74, 6) is 0.180. The second-order valence-electron chi connectivity index (χ2n) is 7.21. The van der Waals surface area contributed by atoms with Crippen LogP contribution in [0.5, 0.6) is 17.2 Å². The zero-order valence-electron chi connectivity index (χ0n) is 19.1. The molecule has 3 aromatic carbocycles. The number of benzene rings is 3. The Morgan fingerprint density at radius 3 is 2.50 bits per heavy atom. The second kappa shape index (κ2) is 11.9. The van der Waals surface area contributed by atoms with E-state index in [1.807, 2.05) is 6.07 Å². The van der Waals surface area contributed by atoms with E-state index in [-0.39, 0.29) is 34.3 Å². The SMILES string of the molecule is COc1cc(NC(=O)/C(C#N)=C/c2cc(Cl)ccc2OCc2cccc([N+](=O)[O-])c2)c(OC)cc1Cl. The first kappa shape index (κ1) is 26.3. The number of carbonyl (C=O) groups excluding carboxylic acids is 1. The molecule has 0 saturated heterocycles. The van der Waals surface area contributed by atoms with E-state index in [0.29, 0.717) is 27.6 Å². The smallest absolute Gasteiger partial charge is 0.269 e. The van der Waals surface area contributed by atoms with Gasteiger partial charge in [0, 0.05) is 34.9 Å². The third kappa shape index (κ3) is 6.44. The standard InChI is InChI=1S/C25H19Cl2N3O6/c1-34-23-12-21(24(35-2)11-20(23)27)29-25(31)17(13-28)9-16-10-18(26)6-7-22(16)36-14-15-4-3-5-19(8-15)30(32)33/h3-12H,14H2,1-2H3,(H,29,31)/b17-9+. The van der Waals surface area contributed by atoms with E-state index in [4.69, 9.17) is 37.4 Å². The predicted octanol–water partition coefficient (Wildman–Crippen LogP) is 6.04. The number of nitriles is 1. The van der Waals surface area contributed by atoms with Crippen molar-refractivity contribution in [1.29, 1.82) is 5.26 Å². The molecular formula is C25H19Cl2N3O6. The van der Waals surface area contributed by atoms with Gasteiger partial charge in [0.25, 0.3) is 11.6 Å². The number of amides is 1. The number of nitro groups is 1. The lowest BCUT2D eigenvalue weighted by Crippen LogP contribution is -2.14. The molecule has 0 spiro atoms. The molecule has 0 aliphatic heterocycles. The molecule has 0 aliphatic carbocycles. The number of nitrogens with one attached hydrogen (secondary N) is 1. The Bertz CT molecular complexity index is 1380. The summed E-state index contributed by atoms with van der Waals surface area (Å²) in [6.45, 7) is 0.0139. The highest BCUT2D eigenvalue weighted by Crippen LogP contribution is 2.36. The Morgan fingerprint density at radius 2 is 1.83 bits per heavy atom. The van der Waals surface area contributed by atoms with Crippen molar-refractivity contribution in [2.45, 2.75) is 6.61 Å². The Kier molecular flexibility index (Phi) is 8.73. The quantitative estimate of drug-likeness (QED) is 0.155. The molecular weight excluding hydrogens is 509 g/mol. The van der Waals surface area contributed by atoms with Gasteiger partial charge >= 0.3 is 0 Å². The molecule has 0 radical (unpaired) electrons. The van der Waals surface area contributed by atoms with Crippen LogP contribution in [0.2, 0.25) is 10.0 Å². The topological polar surface area (TPSA) is 124 Å². The van der Waals surface area contributed by atoms with E-state index >= 15 is 0 Å². The zero-order chi connectivity index (χ0) is 26.2. The third-order valence-corrected chi connectivity index (χ3v) is 5.41. The van der Waals surface area contributed by atoms with Gasteiger partial charge in [0.05, 0.1) is 29.9 Å². The molecule has 0 bridgehead atoms. The maximum atomic E-state index is 12.9. The van der Waals surface area contributed by atoms with Crippen LogP contribution in [0.3, 0.4) is 0 Å². The van der Waals surface area contributed by atoms with Crippen LogP contribution >= 0.6 is 23.2 Å². The maximum Gasteiger partial charge on any atom is 0.269 e. The van der Waals surface area contributed by atoms with Crippen molar-refractivity contribution in [3.8, 4) is 23.3 Å². The summed E-state index contributed by atoms with van der Waals surface area (Å²) in [6.07, 6.45) is 1.32. The summed E-state index contributed by atoms with van der Waals surface area (Å²) in [4.78, 5) is 23.4. The number of halogens is 2. The molecule has 11 heteroatoms. The summed E-state index contributed by atoms with van der Waals surface area (Å²) in [6, 6.07) is 15.5. The van der Waals surface area contributed by atoms with E-state index in [1.54, 1.807) is 24.3 Å². The molecule has 1 amide bonds. The molecule has 0 aliphatic rings. The van der Waals surface area contributed by atoms with Crippen molar-refractivity contribution in [1.82, 2.24) is 0 Å². The number of hydrogen-bond acceptors (Lipinski definition) is 7. The molecule has 0 atom stereocenters. The number of anilines is 1. The molecule has 36 heavy (non-hydrogen) atoms. The average molecular weight is 528 g/mol. The number of nitrogens with zero attached hydrogens (tertiary/aromatic N) is 2. The largest absolute Gasteiger partial charge is 0.495 e. The van der Waals surface area contributed by atoms with Crippen molar-refractivity contribution in [3.05, 3.63) is 91.5 Å². The normalized spacial score (nSPS) is 10.8. The van der Waals surface area contributed by atoms with E-state index < -0.39 is 10.8 Å². The van der Waals surface area contributed by atoms with Gasteiger partial charge in [0.1, 0.15) is 35.5 Å². The molecule has 1 N–H and O–H groups in total. The van der Waals surface area contributed by atoms with Gasteiger partial charge in [0.2, 0.25) is 0 Å². The summed E-state index contributed by atoms with van der Waals surface area (Å²) < 4.78 is 16.2. The number of ether oxygens (including phenoxy) is 3. The van der Waals surface area contributed by atoms with E-state index in [2.05, 4.69) is 5.32 Å². The van der Waals surface area contributed by atoms with Gasteiger partial charge in [-0.2, -0.15) is 5.26 Å². The van der Waals surface area contributed by atoms with Crippen LogP contribution in [0.1, 0.15) is 11.1 Å². The van der Waals surface area contributed by atoms with Crippen molar-refractivity contribution in [2.24, 2.45) is 0 Å². The minimum atomic E-state index is -0.718. The highest BCUT2D eigenvalue weighted by molar-refractivity contribution is 6.32. The highest BCUT2D eigenvalue weighted by atomic mass is 35.5. The molecule has 0 saturated carbocycles. The Hall–Kier alpha value is -4.26. The molecule has 0 heterocycles. The van der Waals surface area contributed by atoms with Crippen molar-refractivity contribution in [3.63, 3.8) is 0 Å². The lowest BCUT2D eigenvalue weighted by Gasteiger charge is -2.13. The Labute approximate surface area is 216 Å². The molecule has 3 rings (SSSR count). The van der Waals surface area contributed by atoms with Gasteiger partial charge in [-0.15, -0.1) is 0 Å². The van der Waals surface area contributed by atoms with Gasteiger partial charge in [-0.25, -0.2) is 0 Å². The fourth-order valence-corrected chi connectivity index (χ4v) is 3.55. The molecule has 0 fully saturated rings. The fourth-order valence-electron chi connectivity index (χ4n) is 3.14. The highest BCUT2D eigenvalue weighted by Gasteiger charge is 2.17. The fraction of sp³-hybridized carbons (Fsp3) is 0.120. The van der Waals surface area contributed by atoms with Crippen LogP contribution < -0.4 is 19.5 Å². The number of hydrogen-bond donors (Lipinski definition) is 1. The molecule has 184 valence electrons. The monoisotopic (exact) mass is 527 g/mol. The van der Waals surface area contributed by atoms with Gasteiger partial charge in [0.15, 0.2) is 0 Å². The lowest BCUT2D eigenvalue weighted by molar-refractivity contribution is -0.384. The minimum absolute atomic E-state index is 0.0139. The van der Waals surface area contributed by atoms with E-state index in [9.17, 15) is 20.2 Å². The number of nitro benzene ring substituents is 1. The van der Waals surface area contributed by atoms with E-state index in [0.717, 1.165) is 0 Å². The van der Waals surface area contributed by atoms with Crippen LogP contribution in [-0.2, 0) is 11.4 Å². The van der Waals surface area contributed by atoms with Crippen molar-refractivity contribution in [2.75, 3.05) is 19.5 Å². The third-order valence-electron chi connectivity index (χ3n) is 4.87. The van der Waals surface area contributed by atoms with Gasteiger partial charge < -0.3 is 19.5 Å². The van der Waals surface area contributed by atoms with Gasteiger partial charge in [-0.05, 0) is 29.8 Å². The summed E-state index contributed by atoms with van der Waals surface area (Å²) in [5.41, 5.74) is 0.869. The maximum absolute atomic E-state index is 12.9. The van der Waals surface area contributed by atoms with Gasteiger partial charge in [-0.3, -0.25) is 14.9 Å². The number of non-ortho nitro benzene ring substituents is 1. The first-order valence-corrected chi connectivity index (χ1v) is 11.0. The molecule has 0 unspecified atom stereocenters. The number of methoxy groups -OCH3 is 2. The summed E-state index contributed by atoms with van der Waals surface area (Å²) >= 11 is 12.2. The number of carbonyl (C=O) groups is 1. The van der Waals surface area contributed by atoms with Crippen LogP contribution in [-0.4, -0.2) is 25.1 Å². The molecule has 3 aromatic rings. The molecule has 9 nitrogen and oxygen atoms in total. The average Bonchev–Trinajstić information content (AvgIpc) is 2.87. The number of rotatable bonds is 9. The Balaban J connectivity index is 1.88. The summed E-state index contributed by atoms with van der Waals surface area (Å²) in [7, 11) is 2.83. The van der Waals surface area contributed by atoms with Gasteiger partial charge in [-0.1, -0.05) is 35.3 Å². The van der Waals surface area contributed by atoms with Crippen LogP contribution in [0.4, 0.5) is 11.4 Å². The first-order chi connectivity index (χ1) is 17.2. The summed E-state index contributed by atoms with van der Waals surface area (Å²) in [5, 5.41) is 23.9. The molecule has 0 aromatic heterocycles.